The van der Waals surface area contributed by atoms with Crippen molar-refractivity contribution in [1.29, 1.82) is 0 Å². The summed E-state index contributed by atoms with van der Waals surface area (Å²) in [6.45, 7) is 3.41. The first-order chi connectivity index (χ1) is 13.7. The smallest absolute Gasteiger partial charge is 0.347 e. The van der Waals surface area contributed by atoms with Crippen LogP contribution in [0.2, 0.25) is 0 Å². The number of aromatic carboxylic acids is 1. The second-order valence-electron chi connectivity index (χ2n) is 5.88. The summed E-state index contributed by atoms with van der Waals surface area (Å²) in [5.74, 6) is -2.35. The number of nitrogens with zero attached hydrogens (tertiary/aromatic N) is 1. The second-order valence-corrected chi connectivity index (χ2v) is 6.88. The van der Waals surface area contributed by atoms with Gasteiger partial charge in [0.2, 0.25) is 5.91 Å². The minimum Gasteiger partial charge on any atom is -0.477 e. The molecular weight excluding hydrogens is 397 g/mol. The maximum Gasteiger partial charge on any atom is 0.347 e. The van der Waals surface area contributed by atoms with Crippen LogP contribution in [0.1, 0.15) is 41.6 Å². The van der Waals surface area contributed by atoms with Crippen LogP contribution in [0, 0.1) is 19.7 Å². The molecule has 0 radical (unpaired) electrons. The monoisotopic (exact) mass is 415 g/mol. The standard InChI is InChI=1S/C12H9FN2O3S.C8H9NO/c1-6-9(11(17)18)19-12(14-6)15-10(16)7-2-4-8(13)5-3-7;1-6-4-2-3-5-7(6)8(9)10/h2-5H,1H3,(H,17,18)(H,14,15,16);2-5H,1H3,(H2,9,10). The Morgan fingerprint density at radius 1 is 1.07 bits per heavy atom. The van der Waals surface area contributed by atoms with Crippen LogP contribution in [-0.4, -0.2) is 27.9 Å². The number of aryl methyl sites for hydroxylation is 2. The van der Waals surface area contributed by atoms with Crippen molar-refractivity contribution in [2.75, 3.05) is 5.32 Å². The van der Waals surface area contributed by atoms with E-state index in [4.69, 9.17) is 10.8 Å². The number of rotatable bonds is 4. The van der Waals surface area contributed by atoms with Gasteiger partial charge in [-0.2, -0.15) is 0 Å². The van der Waals surface area contributed by atoms with E-state index in [0.29, 0.717) is 11.3 Å². The Kier molecular flexibility index (Phi) is 7.15. The number of carboxylic acids is 1. The molecule has 1 heterocycles. The zero-order valence-corrected chi connectivity index (χ0v) is 16.4. The molecular formula is C20H18FN3O4S. The van der Waals surface area contributed by atoms with Crippen molar-refractivity contribution in [3.63, 3.8) is 0 Å². The first kappa shape index (κ1) is 21.7. The van der Waals surface area contributed by atoms with Gasteiger partial charge >= 0.3 is 5.97 Å². The highest BCUT2D eigenvalue weighted by molar-refractivity contribution is 7.17. The van der Waals surface area contributed by atoms with Gasteiger partial charge in [0.25, 0.3) is 5.91 Å². The van der Waals surface area contributed by atoms with Crippen LogP contribution in [0.15, 0.2) is 48.5 Å². The number of hydrogen-bond donors (Lipinski definition) is 3. The average molecular weight is 415 g/mol. The number of thiazole rings is 1. The van der Waals surface area contributed by atoms with Gasteiger partial charge in [0.05, 0.1) is 5.69 Å². The second kappa shape index (κ2) is 9.56. The summed E-state index contributed by atoms with van der Waals surface area (Å²) in [5.41, 5.74) is 7.21. The number of carboxylic acid groups (broad SMARTS) is 1. The van der Waals surface area contributed by atoms with Gasteiger partial charge in [-0.1, -0.05) is 29.5 Å². The number of benzene rings is 2. The Morgan fingerprint density at radius 3 is 2.17 bits per heavy atom. The fourth-order valence-corrected chi connectivity index (χ4v) is 3.07. The van der Waals surface area contributed by atoms with Crippen LogP contribution >= 0.6 is 11.3 Å². The Morgan fingerprint density at radius 2 is 1.69 bits per heavy atom. The molecule has 3 aromatic rings. The molecule has 0 aliphatic rings. The molecule has 1 aromatic heterocycles. The van der Waals surface area contributed by atoms with Gasteiger partial charge in [-0.15, -0.1) is 0 Å². The quantitative estimate of drug-likeness (QED) is 0.600. The van der Waals surface area contributed by atoms with Crippen molar-refractivity contribution in [3.8, 4) is 0 Å². The largest absolute Gasteiger partial charge is 0.477 e. The lowest BCUT2D eigenvalue weighted by molar-refractivity contribution is 0.0700. The molecule has 0 fully saturated rings. The molecule has 0 aliphatic heterocycles. The number of aromatic nitrogens is 1. The van der Waals surface area contributed by atoms with E-state index >= 15 is 0 Å². The summed E-state index contributed by atoms with van der Waals surface area (Å²) in [6, 6.07) is 12.3. The molecule has 4 N–H and O–H groups in total. The maximum atomic E-state index is 12.7. The van der Waals surface area contributed by atoms with Crippen LogP contribution < -0.4 is 11.1 Å². The van der Waals surface area contributed by atoms with Crippen molar-refractivity contribution >= 4 is 34.3 Å². The maximum absolute atomic E-state index is 12.7. The van der Waals surface area contributed by atoms with Crippen LogP contribution in [0.25, 0.3) is 0 Å². The number of hydrogen-bond acceptors (Lipinski definition) is 5. The molecule has 29 heavy (non-hydrogen) atoms. The van der Waals surface area contributed by atoms with E-state index in [1.54, 1.807) is 19.1 Å². The first-order valence-electron chi connectivity index (χ1n) is 8.32. The number of carbonyl (C=O) groups excluding carboxylic acids is 2. The zero-order valence-electron chi connectivity index (χ0n) is 15.6. The highest BCUT2D eigenvalue weighted by Crippen LogP contribution is 2.23. The van der Waals surface area contributed by atoms with Gasteiger partial charge in [-0.05, 0) is 49.7 Å². The van der Waals surface area contributed by atoms with E-state index in [1.165, 1.54) is 24.3 Å². The molecule has 0 spiro atoms. The van der Waals surface area contributed by atoms with Crippen molar-refractivity contribution in [2.45, 2.75) is 13.8 Å². The zero-order chi connectivity index (χ0) is 21.6. The van der Waals surface area contributed by atoms with Crippen molar-refractivity contribution < 1.29 is 23.9 Å². The molecule has 0 saturated carbocycles. The first-order valence-corrected chi connectivity index (χ1v) is 9.13. The van der Waals surface area contributed by atoms with Gasteiger partial charge in [-0.25, -0.2) is 14.2 Å². The summed E-state index contributed by atoms with van der Waals surface area (Å²) in [6.07, 6.45) is 0. The molecule has 2 amide bonds. The third-order valence-corrected chi connectivity index (χ3v) is 4.79. The van der Waals surface area contributed by atoms with Gasteiger partial charge in [-0.3, -0.25) is 14.9 Å². The van der Waals surface area contributed by atoms with Crippen molar-refractivity contribution in [3.05, 3.63) is 81.6 Å². The molecule has 0 saturated heterocycles. The molecule has 0 unspecified atom stereocenters. The van der Waals surface area contributed by atoms with E-state index in [2.05, 4.69) is 10.3 Å². The van der Waals surface area contributed by atoms with Crippen LogP contribution in [0.5, 0.6) is 0 Å². The third-order valence-electron chi connectivity index (χ3n) is 3.73. The highest BCUT2D eigenvalue weighted by Gasteiger charge is 2.16. The van der Waals surface area contributed by atoms with E-state index in [-0.39, 0.29) is 21.5 Å². The fraction of sp³-hybridized carbons (Fsp3) is 0.100. The van der Waals surface area contributed by atoms with Crippen molar-refractivity contribution in [1.82, 2.24) is 4.98 Å². The summed E-state index contributed by atoms with van der Waals surface area (Å²) in [7, 11) is 0. The number of primary amides is 1. The lowest BCUT2D eigenvalue weighted by Crippen LogP contribution is -2.12. The topological polar surface area (TPSA) is 122 Å². The number of halogens is 1. The summed E-state index contributed by atoms with van der Waals surface area (Å²) in [5, 5.41) is 11.6. The average Bonchev–Trinajstić information content (AvgIpc) is 3.03. The van der Waals surface area contributed by atoms with E-state index in [1.807, 2.05) is 19.1 Å². The SMILES string of the molecule is Cc1ccccc1C(N)=O.Cc1nc(NC(=O)c2ccc(F)cc2)sc1C(=O)O. The van der Waals surface area contributed by atoms with E-state index in [9.17, 15) is 18.8 Å². The molecule has 2 aromatic carbocycles. The normalized spacial score (nSPS) is 9.90. The predicted octanol–water partition coefficient (Wildman–Crippen LogP) is 3.64. The Labute approximate surface area is 170 Å². The number of carbonyl (C=O) groups is 3. The summed E-state index contributed by atoms with van der Waals surface area (Å²) in [4.78, 5) is 37.3. The summed E-state index contributed by atoms with van der Waals surface area (Å²) < 4.78 is 12.7. The lowest BCUT2D eigenvalue weighted by atomic mass is 10.1. The third kappa shape index (κ3) is 5.94. The van der Waals surface area contributed by atoms with Gasteiger partial charge in [0, 0.05) is 11.1 Å². The van der Waals surface area contributed by atoms with Crippen LogP contribution in [-0.2, 0) is 0 Å². The number of amides is 2. The molecule has 0 aliphatic carbocycles. The fourth-order valence-electron chi connectivity index (χ4n) is 2.27. The molecule has 0 bridgehead atoms. The molecule has 150 valence electrons. The molecule has 7 nitrogen and oxygen atoms in total. The number of nitrogens with two attached hydrogens (primary N) is 1. The molecule has 9 heteroatoms. The molecule has 3 rings (SSSR count). The Hall–Kier alpha value is -3.59. The Balaban J connectivity index is 0.000000253. The Bertz CT molecular complexity index is 1050. The van der Waals surface area contributed by atoms with Gasteiger partial charge < -0.3 is 10.8 Å². The van der Waals surface area contributed by atoms with E-state index in [0.717, 1.165) is 16.9 Å². The molecule has 0 atom stereocenters. The lowest BCUT2D eigenvalue weighted by Gasteiger charge is -2.00. The van der Waals surface area contributed by atoms with E-state index < -0.39 is 17.7 Å². The van der Waals surface area contributed by atoms with Crippen molar-refractivity contribution in [2.24, 2.45) is 5.73 Å². The van der Waals surface area contributed by atoms with Gasteiger partial charge in [0.1, 0.15) is 10.7 Å². The van der Waals surface area contributed by atoms with Crippen LogP contribution in [0.4, 0.5) is 9.52 Å². The van der Waals surface area contributed by atoms with Gasteiger partial charge in [0.15, 0.2) is 5.13 Å². The summed E-state index contributed by atoms with van der Waals surface area (Å²) >= 11 is 0.877. The van der Waals surface area contributed by atoms with Crippen LogP contribution in [0.3, 0.4) is 0 Å². The highest BCUT2D eigenvalue weighted by atomic mass is 32.1. The minimum atomic E-state index is -1.09. The predicted molar refractivity (Wildman–Crippen MR) is 108 cm³/mol. The number of nitrogens with one attached hydrogen (secondary N) is 1. The minimum absolute atomic E-state index is 0.0782. The number of anilines is 1.